The first kappa shape index (κ1) is 17.3. The number of carbonyl (C=O) groups excluding carboxylic acids is 1. The van der Waals surface area contributed by atoms with Crippen molar-refractivity contribution in [1.82, 2.24) is 14.7 Å². The summed E-state index contributed by atoms with van der Waals surface area (Å²) in [6.45, 7) is 0.351. The summed E-state index contributed by atoms with van der Waals surface area (Å²) >= 11 is 12.2. The van der Waals surface area contributed by atoms with Gasteiger partial charge in [-0.15, -0.1) is 0 Å². The normalized spacial score (nSPS) is 10.5. The second-order valence-corrected chi connectivity index (χ2v) is 6.29. The van der Waals surface area contributed by atoms with E-state index >= 15 is 0 Å². The number of hydrogen-bond donors (Lipinski definition) is 1. The maximum atomic E-state index is 12.4. The van der Waals surface area contributed by atoms with Crippen LogP contribution in [0.4, 0.5) is 10.5 Å². The van der Waals surface area contributed by atoms with Gasteiger partial charge in [-0.2, -0.15) is 5.10 Å². The third kappa shape index (κ3) is 4.13. The van der Waals surface area contributed by atoms with Crippen LogP contribution in [0.3, 0.4) is 0 Å². The van der Waals surface area contributed by atoms with Crippen LogP contribution in [-0.4, -0.2) is 27.8 Å². The minimum atomic E-state index is -0.242. The number of amides is 2. The van der Waals surface area contributed by atoms with E-state index in [0.717, 1.165) is 11.3 Å². The Kier molecular flexibility index (Phi) is 5.26. The molecular formula is C18H16Cl2N4O. The van der Waals surface area contributed by atoms with E-state index < -0.39 is 0 Å². The van der Waals surface area contributed by atoms with Gasteiger partial charge in [0.1, 0.15) is 0 Å². The molecule has 7 heteroatoms. The molecule has 1 aromatic heterocycles. The molecule has 3 rings (SSSR count). The van der Waals surface area contributed by atoms with E-state index in [1.54, 1.807) is 24.0 Å². The molecule has 0 spiro atoms. The van der Waals surface area contributed by atoms with Crippen molar-refractivity contribution in [3.8, 4) is 5.69 Å². The smallest absolute Gasteiger partial charge is 0.321 e. The molecule has 0 radical (unpaired) electrons. The van der Waals surface area contributed by atoms with Gasteiger partial charge in [-0.25, -0.2) is 9.48 Å². The Balaban J connectivity index is 1.69. The first-order chi connectivity index (χ1) is 12.0. The van der Waals surface area contributed by atoms with E-state index in [2.05, 4.69) is 10.4 Å². The molecule has 25 heavy (non-hydrogen) atoms. The SMILES string of the molecule is CN(Cc1cccc(Cl)c1Cl)C(=O)Nc1cccc(-n2cccn2)c1. The summed E-state index contributed by atoms with van der Waals surface area (Å²) in [7, 11) is 1.70. The fourth-order valence-corrected chi connectivity index (χ4v) is 2.74. The number of hydrogen-bond acceptors (Lipinski definition) is 2. The third-order valence-corrected chi connectivity index (χ3v) is 4.51. The van der Waals surface area contributed by atoms with Crippen LogP contribution in [-0.2, 0) is 6.54 Å². The van der Waals surface area contributed by atoms with E-state index in [1.807, 2.05) is 48.7 Å². The fraction of sp³-hybridized carbons (Fsp3) is 0.111. The molecule has 0 aliphatic carbocycles. The Morgan fingerprint density at radius 3 is 2.76 bits per heavy atom. The van der Waals surface area contributed by atoms with Crippen LogP contribution in [0.15, 0.2) is 60.9 Å². The van der Waals surface area contributed by atoms with Gasteiger partial charge in [0, 0.05) is 31.7 Å². The molecule has 0 aliphatic heterocycles. The highest BCUT2D eigenvalue weighted by Crippen LogP contribution is 2.26. The second kappa shape index (κ2) is 7.59. The molecule has 0 saturated heterocycles. The third-order valence-electron chi connectivity index (χ3n) is 3.65. The molecule has 0 aliphatic rings. The Bertz CT molecular complexity index is 881. The van der Waals surface area contributed by atoms with Crippen molar-refractivity contribution in [3.63, 3.8) is 0 Å². The van der Waals surface area contributed by atoms with Gasteiger partial charge in [0.05, 0.1) is 15.7 Å². The highest BCUT2D eigenvalue weighted by Gasteiger charge is 2.13. The maximum Gasteiger partial charge on any atom is 0.321 e. The molecule has 3 aromatic rings. The van der Waals surface area contributed by atoms with Crippen LogP contribution in [0.1, 0.15) is 5.56 Å². The Hall–Kier alpha value is -2.50. The van der Waals surface area contributed by atoms with Crippen LogP contribution < -0.4 is 5.32 Å². The molecule has 1 heterocycles. The van der Waals surface area contributed by atoms with E-state index in [4.69, 9.17) is 23.2 Å². The second-order valence-electron chi connectivity index (χ2n) is 5.50. The average molecular weight is 375 g/mol. The molecule has 0 atom stereocenters. The predicted molar refractivity (Wildman–Crippen MR) is 101 cm³/mol. The van der Waals surface area contributed by atoms with Crippen LogP contribution in [0.2, 0.25) is 10.0 Å². The molecule has 128 valence electrons. The lowest BCUT2D eigenvalue weighted by molar-refractivity contribution is 0.220. The zero-order chi connectivity index (χ0) is 17.8. The van der Waals surface area contributed by atoms with Crippen LogP contribution >= 0.6 is 23.2 Å². The van der Waals surface area contributed by atoms with Crippen LogP contribution in [0.25, 0.3) is 5.69 Å². The molecule has 0 saturated carbocycles. The van der Waals surface area contributed by atoms with Crippen molar-refractivity contribution in [2.24, 2.45) is 0 Å². The molecule has 5 nitrogen and oxygen atoms in total. The van der Waals surface area contributed by atoms with Gasteiger partial charge >= 0.3 is 6.03 Å². The highest BCUT2D eigenvalue weighted by atomic mass is 35.5. The molecule has 0 bridgehead atoms. The Labute approximate surface area is 155 Å². The number of nitrogens with zero attached hydrogens (tertiary/aromatic N) is 3. The topological polar surface area (TPSA) is 50.2 Å². The van der Waals surface area contributed by atoms with Crippen LogP contribution in [0, 0.1) is 0 Å². The number of aromatic nitrogens is 2. The van der Waals surface area contributed by atoms with Gasteiger partial charge < -0.3 is 10.2 Å². The zero-order valence-corrected chi connectivity index (χ0v) is 15.0. The van der Waals surface area contributed by atoms with Crippen molar-refractivity contribution in [2.45, 2.75) is 6.54 Å². The maximum absolute atomic E-state index is 12.4. The molecule has 2 amide bonds. The fourth-order valence-electron chi connectivity index (χ4n) is 2.36. The van der Waals surface area contributed by atoms with Crippen molar-refractivity contribution in [1.29, 1.82) is 0 Å². The summed E-state index contributed by atoms with van der Waals surface area (Å²) in [5.74, 6) is 0. The van der Waals surface area contributed by atoms with Crippen LogP contribution in [0.5, 0.6) is 0 Å². The van der Waals surface area contributed by atoms with Gasteiger partial charge in [0.15, 0.2) is 0 Å². The molecular weight excluding hydrogens is 359 g/mol. The number of urea groups is 1. The molecule has 0 unspecified atom stereocenters. The van der Waals surface area contributed by atoms with Gasteiger partial charge in [0.25, 0.3) is 0 Å². The standard InChI is InChI=1S/C18H16Cl2N4O/c1-23(12-13-5-2-8-16(19)17(13)20)18(25)22-14-6-3-7-15(11-14)24-10-4-9-21-24/h2-11H,12H2,1H3,(H,22,25). The lowest BCUT2D eigenvalue weighted by atomic mass is 10.2. The molecule has 2 aromatic carbocycles. The van der Waals surface area contributed by atoms with E-state index in [9.17, 15) is 4.79 Å². The van der Waals surface area contributed by atoms with Gasteiger partial charge in [-0.1, -0.05) is 41.4 Å². The number of halogens is 2. The number of benzene rings is 2. The zero-order valence-electron chi connectivity index (χ0n) is 13.5. The van der Waals surface area contributed by atoms with E-state index in [-0.39, 0.29) is 6.03 Å². The lowest BCUT2D eigenvalue weighted by Crippen LogP contribution is -2.31. The number of carbonyl (C=O) groups is 1. The van der Waals surface area contributed by atoms with Gasteiger partial charge in [0.2, 0.25) is 0 Å². The summed E-state index contributed by atoms with van der Waals surface area (Å²) in [5, 5.41) is 7.98. The molecule has 0 fully saturated rings. The first-order valence-electron chi connectivity index (χ1n) is 7.59. The van der Waals surface area contributed by atoms with Gasteiger partial charge in [-0.05, 0) is 35.9 Å². The van der Waals surface area contributed by atoms with Crippen molar-refractivity contribution in [3.05, 3.63) is 76.5 Å². The van der Waals surface area contributed by atoms with Crippen molar-refractivity contribution < 1.29 is 4.79 Å². The number of nitrogens with one attached hydrogen (secondary N) is 1. The monoisotopic (exact) mass is 374 g/mol. The summed E-state index contributed by atoms with van der Waals surface area (Å²) in [4.78, 5) is 14.0. The van der Waals surface area contributed by atoms with E-state index in [1.165, 1.54) is 4.90 Å². The number of rotatable bonds is 4. The molecule has 1 N–H and O–H groups in total. The summed E-state index contributed by atoms with van der Waals surface area (Å²) in [6.07, 6.45) is 3.54. The first-order valence-corrected chi connectivity index (χ1v) is 8.35. The number of anilines is 1. The quantitative estimate of drug-likeness (QED) is 0.709. The summed E-state index contributed by atoms with van der Waals surface area (Å²) < 4.78 is 1.73. The summed E-state index contributed by atoms with van der Waals surface area (Å²) in [5.41, 5.74) is 2.34. The highest BCUT2D eigenvalue weighted by molar-refractivity contribution is 6.42. The largest absolute Gasteiger partial charge is 0.323 e. The lowest BCUT2D eigenvalue weighted by Gasteiger charge is -2.19. The van der Waals surface area contributed by atoms with Gasteiger partial charge in [-0.3, -0.25) is 0 Å². The average Bonchev–Trinajstić information content (AvgIpc) is 3.14. The minimum absolute atomic E-state index is 0.242. The Morgan fingerprint density at radius 1 is 1.20 bits per heavy atom. The summed E-state index contributed by atoms with van der Waals surface area (Å²) in [6, 6.07) is 14.4. The minimum Gasteiger partial charge on any atom is -0.323 e. The van der Waals surface area contributed by atoms with Crippen molar-refractivity contribution in [2.75, 3.05) is 12.4 Å². The van der Waals surface area contributed by atoms with E-state index in [0.29, 0.717) is 22.3 Å². The predicted octanol–water partition coefficient (Wildman–Crippen LogP) is 4.84. The van der Waals surface area contributed by atoms with Crippen molar-refractivity contribution >= 4 is 34.9 Å². The Morgan fingerprint density at radius 2 is 2.00 bits per heavy atom.